The van der Waals surface area contributed by atoms with Gasteiger partial charge in [-0.25, -0.2) is 0 Å². The van der Waals surface area contributed by atoms with E-state index < -0.39 is 0 Å². The first kappa shape index (κ1) is 15.8. The molecule has 1 fully saturated rings. The molecule has 1 aliphatic carbocycles. The number of aliphatic hydroxyl groups is 1. The minimum atomic E-state index is -0.0335. The minimum absolute atomic E-state index is 0.0335. The van der Waals surface area contributed by atoms with Crippen LogP contribution in [-0.2, 0) is 0 Å². The van der Waals surface area contributed by atoms with Gasteiger partial charge in [-0.15, -0.1) is 0 Å². The molecule has 1 amide bonds. The molecule has 0 spiro atoms. The van der Waals surface area contributed by atoms with E-state index in [1.807, 2.05) is 31.2 Å². The van der Waals surface area contributed by atoms with E-state index in [4.69, 9.17) is 0 Å². The third kappa shape index (κ3) is 4.21. The van der Waals surface area contributed by atoms with Crippen LogP contribution < -0.4 is 10.6 Å². The average Bonchev–Trinajstić information content (AvgIpc) is 2.53. The highest BCUT2D eigenvalue weighted by atomic mass is 16.3. The van der Waals surface area contributed by atoms with Crippen LogP contribution in [0.5, 0.6) is 0 Å². The van der Waals surface area contributed by atoms with Crippen LogP contribution in [0.1, 0.15) is 43.0 Å². The molecule has 1 saturated carbocycles. The standard InChI is InChI=1S/C17H26N2O2/c1-2-18-16-10-6-5-9-15(16)17(21)19-11-13-7-3-4-8-14(13)12-20/h5-6,9-10,13-14,18,20H,2-4,7-8,11-12H2,1H3,(H,19,21). The zero-order valence-corrected chi connectivity index (χ0v) is 12.8. The average molecular weight is 290 g/mol. The van der Waals surface area contributed by atoms with E-state index in [2.05, 4.69) is 10.6 Å². The molecule has 0 bridgehead atoms. The second kappa shape index (κ2) is 8.03. The summed E-state index contributed by atoms with van der Waals surface area (Å²) in [7, 11) is 0. The van der Waals surface area contributed by atoms with Crippen molar-refractivity contribution in [2.45, 2.75) is 32.6 Å². The molecule has 2 atom stereocenters. The summed E-state index contributed by atoms with van der Waals surface area (Å²) in [6.07, 6.45) is 4.56. The lowest BCUT2D eigenvalue weighted by Gasteiger charge is -2.30. The molecule has 116 valence electrons. The number of carbonyl (C=O) groups is 1. The van der Waals surface area contributed by atoms with Gasteiger partial charge >= 0.3 is 0 Å². The first-order chi connectivity index (χ1) is 10.3. The van der Waals surface area contributed by atoms with Crippen molar-refractivity contribution >= 4 is 11.6 Å². The number of anilines is 1. The summed E-state index contributed by atoms with van der Waals surface area (Å²) < 4.78 is 0. The number of nitrogens with one attached hydrogen (secondary N) is 2. The Morgan fingerprint density at radius 2 is 1.95 bits per heavy atom. The second-order valence-electron chi connectivity index (χ2n) is 5.77. The number of hydrogen-bond donors (Lipinski definition) is 3. The first-order valence-electron chi connectivity index (χ1n) is 7.98. The number of hydrogen-bond acceptors (Lipinski definition) is 3. The fraction of sp³-hybridized carbons (Fsp3) is 0.588. The molecule has 2 rings (SSSR count). The molecule has 21 heavy (non-hydrogen) atoms. The molecule has 0 aliphatic heterocycles. The molecule has 2 unspecified atom stereocenters. The lowest BCUT2D eigenvalue weighted by atomic mass is 9.79. The fourth-order valence-electron chi connectivity index (χ4n) is 3.14. The number of rotatable bonds is 6. The van der Waals surface area contributed by atoms with E-state index in [0.717, 1.165) is 25.1 Å². The van der Waals surface area contributed by atoms with Crippen molar-refractivity contribution in [3.63, 3.8) is 0 Å². The van der Waals surface area contributed by atoms with Crippen LogP contribution in [0.25, 0.3) is 0 Å². The zero-order valence-electron chi connectivity index (χ0n) is 12.8. The Morgan fingerprint density at radius 3 is 2.67 bits per heavy atom. The Labute approximate surface area is 126 Å². The third-order valence-corrected chi connectivity index (χ3v) is 4.36. The minimum Gasteiger partial charge on any atom is -0.396 e. The van der Waals surface area contributed by atoms with Gasteiger partial charge in [-0.2, -0.15) is 0 Å². The maximum atomic E-state index is 12.4. The molecular weight excluding hydrogens is 264 g/mol. The second-order valence-corrected chi connectivity index (χ2v) is 5.77. The zero-order chi connectivity index (χ0) is 15.1. The summed E-state index contributed by atoms with van der Waals surface area (Å²) in [5.41, 5.74) is 1.57. The maximum Gasteiger partial charge on any atom is 0.253 e. The smallest absolute Gasteiger partial charge is 0.253 e. The van der Waals surface area contributed by atoms with Crippen LogP contribution in [0, 0.1) is 11.8 Å². The summed E-state index contributed by atoms with van der Waals surface area (Å²) in [4.78, 5) is 12.4. The molecule has 0 heterocycles. The van der Waals surface area contributed by atoms with Crippen molar-refractivity contribution in [2.24, 2.45) is 11.8 Å². The Hall–Kier alpha value is -1.55. The highest BCUT2D eigenvalue weighted by molar-refractivity contribution is 5.99. The van der Waals surface area contributed by atoms with Crippen molar-refractivity contribution in [3.8, 4) is 0 Å². The number of para-hydroxylation sites is 1. The number of benzene rings is 1. The Morgan fingerprint density at radius 1 is 1.24 bits per heavy atom. The highest BCUT2D eigenvalue weighted by Crippen LogP contribution is 2.29. The van der Waals surface area contributed by atoms with E-state index in [1.54, 1.807) is 0 Å². The molecule has 0 radical (unpaired) electrons. The van der Waals surface area contributed by atoms with E-state index in [1.165, 1.54) is 12.8 Å². The van der Waals surface area contributed by atoms with Gasteiger partial charge in [0.25, 0.3) is 5.91 Å². The van der Waals surface area contributed by atoms with Crippen molar-refractivity contribution < 1.29 is 9.90 Å². The van der Waals surface area contributed by atoms with Crippen LogP contribution in [0.3, 0.4) is 0 Å². The Bertz CT molecular complexity index is 462. The maximum absolute atomic E-state index is 12.4. The van der Waals surface area contributed by atoms with Crippen molar-refractivity contribution in [2.75, 3.05) is 25.0 Å². The van der Waals surface area contributed by atoms with Crippen LogP contribution in [-0.4, -0.2) is 30.7 Å². The SMILES string of the molecule is CCNc1ccccc1C(=O)NCC1CCCCC1CO. The van der Waals surface area contributed by atoms with Gasteiger partial charge in [0, 0.05) is 25.4 Å². The van der Waals surface area contributed by atoms with Crippen molar-refractivity contribution in [1.29, 1.82) is 0 Å². The monoisotopic (exact) mass is 290 g/mol. The van der Waals surface area contributed by atoms with Crippen LogP contribution >= 0.6 is 0 Å². The number of aliphatic hydroxyl groups excluding tert-OH is 1. The van der Waals surface area contributed by atoms with E-state index in [-0.39, 0.29) is 12.5 Å². The summed E-state index contributed by atoms with van der Waals surface area (Å²) in [5.74, 6) is 0.705. The first-order valence-corrected chi connectivity index (χ1v) is 7.98. The Balaban J connectivity index is 1.95. The van der Waals surface area contributed by atoms with Gasteiger partial charge in [0.2, 0.25) is 0 Å². The van der Waals surface area contributed by atoms with Crippen LogP contribution in [0.2, 0.25) is 0 Å². The summed E-state index contributed by atoms with van der Waals surface area (Å²) in [6, 6.07) is 7.58. The third-order valence-electron chi connectivity index (χ3n) is 4.36. The molecule has 1 aliphatic rings. The lowest BCUT2D eigenvalue weighted by molar-refractivity contribution is 0.0910. The van der Waals surface area contributed by atoms with Gasteiger partial charge in [-0.05, 0) is 43.7 Å². The van der Waals surface area contributed by atoms with Gasteiger partial charge < -0.3 is 15.7 Å². The van der Waals surface area contributed by atoms with E-state index in [0.29, 0.717) is 23.9 Å². The molecular formula is C17H26N2O2. The molecule has 0 aromatic heterocycles. The van der Waals surface area contributed by atoms with Crippen molar-refractivity contribution in [3.05, 3.63) is 29.8 Å². The quantitative estimate of drug-likeness (QED) is 0.755. The molecule has 4 heteroatoms. The van der Waals surface area contributed by atoms with Gasteiger partial charge in [0.05, 0.1) is 5.56 Å². The molecule has 4 nitrogen and oxygen atoms in total. The summed E-state index contributed by atoms with van der Waals surface area (Å²) in [6.45, 7) is 3.70. The Kier molecular flexibility index (Phi) is 6.05. The van der Waals surface area contributed by atoms with E-state index >= 15 is 0 Å². The highest BCUT2D eigenvalue weighted by Gasteiger charge is 2.25. The summed E-state index contributed by atoms with van der Waals surface area (Å²) >= 11 is 0. The molecule has 1 aromatic rings. The largest absolute Gasteiger partial charge is 0.396 e. The van der Waals surface area contributed by atoms with E-state index in [9.17, 15) is 9.90 Å². The molecule has 0 saturated heterocycles. The van der Waals surface area contributed by atoms with Crippen molar-refractivity contribution in [1.82, 2.24) is 5.32 Å². The van der Waals surface area contributed by atoms with Gasteiger partial charge in [0.15, 0.2) is 0 Å². The predicted octanol–water partition coefficient (Wildman–Crippen LogP) is 2.65. The molecule has 1 aromatic carbocycles. The van der Waals surface area contributed by atoms with Gasteiger partial charge in [0.1, 0.15) is 0 Å². The fourth-order valence-corrected chi connectivity index (χ4v) is 3.14. The van der Waals surface area contributed by atoms with Gasteiger partial charge in [-0.1, -0.05) is 25.0 Å². The topological polar surface area (TPSA) is 61.4 Å². The number of carbonyl (C=O) groups excluding carboxylic acids is 1. The predicted molar refractivity (Wildman–Crippen MR) is 85.5 cm³/mol. The number of amides is 1. The molecule has 3 N–H and O–H groups in total. The van der Waals surface area contributed by atoms with Gasteiger partial charge in [-0.3, -0.25) is 4.79 Å². The van der Waals surface area contributed by atoms with Crippen LogP contribution in [0.15, 0.2) is 24.3 Å². The van der Waals surface area contributed by atoms with Crippen LogP contribution in [0.4, 0.5) is 5.69 Å². The summed E-state index contributed by atoms with van der Waals surface area (Å²) in [5, 5.41) is 15.7. The normalized spacial score (nSPS) is 21.8. The lowest BCUT2D eigenvalue weighted by Crippen LogP contribution is -2.35.